The second kappa shape index (κ2) is 12.3. The van der Waals surface area contributed by atoms with Crippen LogP contribution in [0.3, 0.4) is 0 Å². The molecular formula is C24H32N4O5. The van der Waals surface area contributed by atoms with Gasteiger partial charge in [0, 0.05) is 22.9 Å². The number of hydrogen-bond acceptors (Lipinski definition) is 5. The smallest absolute Gasteiger partial charge is 0.319 e. The maximum Gasteiger partial charge on any atom is 0.319 e. The molecule has 0 aliphatic heterocycles. The van der Waals surface area contributed by atoms with Gasteiger partial charge in [-0.15, -0.1) is 0 Å². The van der Waals surface area contributed by atoms with Gasteiger partial charge >= 0.3 is 6.03 Å². The van der Waals surface area contributed by atoms with Crippen molar-refractivity contribution < 1.29 is 23.9 Å². The van der Waals surface area contributed by atoms with Crippen molar-refractivity contribution in [1.82, 2.24) is 16.2 Å². The number of hydrazine groups is 1. The Morgan fingerprint density at radius 1 is 0.879 bits per heavy atom. The third-order valence-electron chi connectivity index (χ3n) is 4.47. The molecule has 0 aliphatic rings. The molecule has 0 fully saturated rings. The largest absolute Gasteiger partial charge is 0.493 e. The second-order valence-corrected chi connectivity index (χ2v) is 8.14. The number of amides is 4. The van der Waals surface area contributed by atoms with E-state index in [2.05, 4.69) is 35.3 Å². The van der Waals surface area contributed by atoms with Crippen LogP contribution in [0.2, 0.25) is 0 Å². The zero-order valence-corrected chi connectivity index (χ0v) is 19.7. The van der Waals surface area contributed by atoms with Gasteiger partial charge in [0.25, 0.3) is 11.8 Å². The molecule has 0 saturated heterocycles. The standard InChI is InChI=1S/C24H32N4O5/c1-15(2)11-12-33-20-10-9-18(14-21(20)32-5)23(30)28-27-22(29)17-7-6-8-19(13-17)26-24(31)25-16(3)4/h6-10,13-16H,11-12H2,1-5H3,(H,27,29)(H,28,30)(H2,25,26,31). The number of carbonyl (C=O) groups excluding carboxylic acids is 3. The van der Waals surface area contributed by atoms with Crippen LogP contribution >= 0.6 is 0 Å². The van der Waals surface area contributed by atoms with Crippen LogP contribution in [0.15, 0.2) is 42.5 Å². The Labute approximate surface area is 194 Å². The topological polar surface area (TPSA) is 118 Å². The average molecular weight is 457 g/mol. The van der Waals surface area contributed by atoms with E-state index in [1.54, 1.807) is 36.4 Å². The molecular weight excluding hydrogens is 424 g/mol. The van der Waals surface area contributed by atoms with Crippen molar-refractivity contribution in [2.45, 2.75) is 40.2 Å². The minimum atomic E-state index is -0.531. The number of nitrogens with one attached hydrogen (secondary N) is 4. The average Bonchev–Trinajstić information content (AvgIpc) is 2.76. The number of anilines is 1. The van der Waals surface area contributed by atoms with E-state index in [1.807, 2.05) is 13.8 Å². The number of urea groups is 1. The highest BCUT2D eigenvalue weighted by molar-refractivity contribution is 6.00. The Morgan fingerprint density at radius 3 is 2.15 bits per heavy atom. The first-order chi connectivity index (χ1) is 15.7. The minimum absolute atomic E-state index is 0.0222. The summed E-state index contributed by atoms with van der Waals surface area (Å²) in [6, 6.07) is 10.8. The fourth-order valence-corrected chi connectivity index (χ4v) is 2.76. The van der Waals surface area contributed by atoms with E-state index >= 15 is 0 Å². The molecule has 4 N–H and O–H groups in total. The number of hydrogen-bond donors (Lipinski definition) is 4. The van der Waals surface area contributed by atoms with Gasteiger partial charge in [0.2, 0.25) is 0 Å². The summed E-state index contributed by atoms with van der Waals surface area (Å²) >= 11 is 0. The molecule has 4 amide bonds. The molecule has 0 bridgehead atoms. The van der Waals surface area contributed by atoms with Gasteiger partial charge in [0.15, 0.2) is 11.5 Å². The number of rotatable bonds is 9. The third kappa shape index (κ3) is 8.36. The summed E-state index contributed by atoms with van der Waals surface area (Å²) in [6.07, 6.45) is 0.899. The van der Waals surface area contributed by atoms with Gasteiger partial charge in [-0.1, -0.05) is 19.9 Å². The molecule has 0 atom stereocenters. The molecule has 0 radical (unpaired) electrons. The molecule has 0 spiro atoms. The zero-order chi connectivity index (χ0) is 24.4. The fraction of sp³-hybridized carbons (Fsp3) is 0.375. The van der Waals surface area contributed by atoms with E-state index in [0.29, 0.717) is 35.3 Å². The molecule has 2 aromatic rings. The lowest BCUT2D eigenvalue weighted by Gasteiger charge is -2.13. The van der Waals surface area contributed by atoms with Gasteiger partial charge in [-0.3, -0.25) is 20.4 Å². The molecule has 0 aromatic heterocycles. The second-order valence-electron chi connectivity index (χ2n) is 8.14. The molecule has 2 aromatic carbocycles. The van der Waals surface area contributed by atoms with Gasteiger partial charge in [-0.2, -0.15) is 0 Å². The molecule has 0 aliphatic carbocycles. The van der Waals surface area contributed by atoms with Crippen molar-refractivity contribution in [1.29, 1.82) is 0 Å². The molecule has 9 nitrogen and oxygen atoms in total. The normalized spacial score (nSPS) is 10.5. The summed E-state index contributed by atoms with van der Waals surface area (Å²) < 4.78 is 11.1. The number of benzene rings is 2. The lowest BCUT2D eigenvalue weighted by atomic mass is 10.1. The Bertz CT molecular complexity index is 975. The zero-order valence-electron chi connectivity index (χ0n) is 19.7. The highest BCUT2D eigenvalue weighted by Crippen LogP contribution is 2.28. The van der Waals surface area contributed by atoms with Crippen molar-refractivity contribution in [3.05, 3.63) is 53.6 Å². The van der Waals surface area contributed by atoms with Crippen molar-refractivity contribution in [3.63, 3.8) is 0 Å². The van der Waals surface area contributed by atoms with Crippen LogP contribution in [0.5, 0.6) is 11.5 Å². The first kappa shape index (κ1) is 25.5. The summed E-state index contributed by atoms with van der Waals surface area (Å²) in [5.74, 6) is 0.442. The highest BCUT2D eigenvalue weighted by atomic mass is 16.5. The fourth-order valence-electron chi connectivity index (χ4n) is 2.76. The van der Waals surface area contributed by atoms with Gasteiger partial charge < -0.3 is 20.1 Å². The molecule has 0 heterocycles. The maximum absolute atomic E-state index is 12.5. The summed E-state index contributed by atoms with van der Waals surface area (Å²) in [4.78, 5) is 36.8. The Hall–Kier alpha value is -3.75. The number of ether oxygens (including phenoxy) is 2. The predicted molar refractivity (Wildman–Crippen MR) is 127 cm³/mol. The van der Waals surface area contributed by atoms with E-state index in [0.717, 1.165) is 6.42 Å². The minimum Gasteiger partial charge on any atom is -0.493 e. The van der Waals surface area contributed by atoms with Crippen LogP contribution in [0.4, 0.5) is 10.5 Å². The van der Waals surface area contributed by atoms with Crippen LogP contribution < -0.4 is 31.0 Å². The monoisotopic (exact) mass is 456 g/mol. The van der Waals surface area contributed by atoms with E-state index < -0.39 is 11.8 Å². The molecule has 0 unspecified atom stereocenters. The lowest BCUT2D eigenvalue weighted by molar-refractivity contribution is 0.0846. The Morgan fingerprint density at radius 2 is 1.55 bits per heavy atom. The van der Waals surface area contributed by atoms with Gasteiger partial charge in [-0.05, 0) is 62.6 Å². The van der Waals surface area contributed by atoms with E-state index in [-0.39, 0.29) is 17.6 Å². The molecule has 0 saturated carbocycles. The first-order valence-electron chi connectivity index (χ1n) is 10.8. The van der Waals surface area contributed by atoms with Crippen LogP contribution in [-0.4, -0.2) is 37.6 Å². The number of methoxy groups -OCH3 is 1. The quantitative estimate of drug-likeness (QED) is 0.429. The van der Waals surface area contributed by atoms with Gasteiger partial charge in [0.05, 0.1) is 13.7 Å². The summed E-state index contributed by atoms with van der Waals surface area (Å²) in [6.45, 7) is 8.45. The number of carbonyl (C=O) groups is 3. The van der Waals surface area contributed by atoms with Crippen molar-refractivity contribution >= 4 is 23.5 Å². The van der Waals surface area contributed by atoms with Crippen molar-refractivity contribution in [3.8, 4) is 11.5 Å². The van der Waals surface area contributed by atoms with Crippen LogP contribution in [0, 0.1) is 5.92 Å². The van der Waals surface area contributed by atoms with Crippen LogP contribution in [0.25, 0.3) is 0 Å². The highest BCUT2D eigenvalue weighted by Gasteiger charge is 2.14. The Balaban J connectivity index is 1.96. The maximum atomic E-state index is 12.5. The first-order valence-corrected chi connectivity index (χ1v) is 10.8. The lowest BCUT2D eigenvalue weighted by Crippen LogP contribution is -2.41. The molecule has 33 heavy (non-hydrogen) atoms. The summed E-state index contributed by atoms with van der Waals surface area (Å²) in [5.41, 5.74) is 5.76. The Kier molecular flexibility index (Phi) is 9.53. The van der Waals surface area contributed by atoms with Gasteiger partial charge in [-0.25, -0.2) is 4.79 Å². The predicted octanol–water partition coefficient (Wildman–Crippen LogP) is 3.72. The van der Waals surface area contributed by atoms with Gasteiger partial charge in [0.1, 0.15) is 0 Å². The van der Waals surface area contributed by atoms with E-state index in [4.69, 9.17) is 9.47 Å². The van der Waals surface area contributed by atoms with E-state index in [1.165, 1.54) is 13.2 Å². The summed E-state index contributed by atoms with van der Waals surface area (Å²) in [5, 5.41) is 5.36. The SMILES string of the molecule is COc1cc(C(=O)NNC(=O)c2cccc(NC(=O)NC(C)C)c2)ccc1OCCC(C)C. The third-order valence-corrected chi connectivity index (χ3v) is 4.47. The molecule has 178 valence electrons. The van der Waals surface area contributed by atoms with Crippen molar-refractivity contribution in [2.75, 3.05) is 19.0 Å². The van der Waals surface area contributed by atoms with Crippen molar-refractivity contribution in [2.24, 2.45) is 5.92 Å². The molecule has 9 heteroatoms. The van der Waals surface area contributed by atoms with Crippen LogP contribution in [-0.2, 0) is 0 Å². The van der Waals surface area contributed by atoms with E-state index in [9.17, 15) is 14.4 Å². The molecule has 2 rings (SSSR count). The van der Waals surface area contributed by atoms with Crippen LogP contribution in [0.1, 0.15) is 54.8 Å². The summed E-state index contributed by atoms with van der Waals surface area (Å²) in [7, 11) is 1.50.